The lowest BCUT2D eigenvalue weighted by molar-refractivity contribution is -0.132. The maximum atomic E-state index is 13.0. The molecule has 2 aromatic rings. The van der Waals surface area contributed by atoms with Crippen molar-refractivity contribution in [3.05, 3.63) is 34.2 Å². The van der Waals surface area contributed by atoms with Gasteiger partial charge in [-0.3, -0.25) is 18.7 Å². The number of alkyl carbamates (subject to hydrolysis) is 1. The van der Waals surface area contributed by atoms with Crippen LogP contribution in [-0.4, -0.2) is 65.4 Å². The summed E-state index contributed by atoms with van der Waals surface area (Å²) in [6.45, 7) is 8.32. The van der Waals surface area contributed by atoms with Gasteiger partial charge in [0.15, 0.2) is 5.78 Å². The first-order valence-corrected chi connectivity index (χ1v) is 13.4. The number of imidazole rings is 1. The van der Waals surface area contributed by atoms with Gasteiger partial charge in [0, 0.05) is 46.4 Å². The monoisotopic (exact) mass is 531 g/mol. The quantitative estimate of drug-likeness (QED) is 0.311. The van der Waals surface area contributed by atoms with Gasteiger partial charge in [-0.2, -0.15) is 0 Å². The summed E-state index contributed by atoms with van der Waals surface area (Å²) in [4.78, 5) is 48.8. The molecule has 1 aliphatic rings. The van der Waals surface area contributed by atoms with Crippen LogP contribution in [0.3, 0.4) is 0 Å². The highest BCUT2D eigenvalue weighted by molar-refractivity contribution is 6.03. The van der Waals surface area contributed by atoms with Crippen LogP contribution in [0, 0.1) is 0 Å². The summed E-state index contributed by atoms with van der Waals surface area (Å²) >= 11 is 0. The maximum absolute atomic E-state index is 13.0. The van der Waals surface area contributed by atoms with Crippen LogP contribution in [-0.2, 0) is 37.3 Å². The lowest BCUT2D eigenvalue weighted by Gasteiger charge is -2.21. The Morgan fingerprint density at radius 2 is 1.71 bits per heavy atom. The highest BCUT2D eigenvalue weighted by atomic mass is 16.6. The Bertz CT molecular complexity index is 1180. The van der Waals surface area contributed by atoms with E-state index in [1.165, 1.54) is 0 Å². The van der Waals surface area contributed by atoms with E-state index in [4.69, 9.17) is 14.2 Å². The Kier molecular flexibility index (Phi) is 10.7. The van der Waals surface area contributed by atoms with Crippen LogP contribution < -0.4 is 11.0 Å². The molecule has 1 heterocycles. The number of benzene rings is 1. The minimum absolute atomic E-state index is 0.0561. The molecule has 38 heavy (non-hydrogen) atoms. The van der Waals surface area contributed by atoms with Crippen LogP contribution in [0.1, 0.15) is 70.9 Å². The second kappa shape index (κ2) is 13.7. The number of para-hydroxylation sites is 1. The molecule has 3 rings (SSSR count). The summed E-state index contributed by atoms with van der Waals surface area (Å²) in [7, 11) is 1.73. The lowest BCUT2D eigenvalue weighted by atomic mass is 9.92. The zero-order valence-electron chi connectivity index (χ0n) is 23.0. The van der Waals surface area contributed by atoms with Gasteiger partial charge in [-0.15, -0.1) is 0 Å². The van der Waals surface area contributed by atoms with Gasteiger partial charge >= 0.3 is 11.8 Å². The number of carbonyl (C=O) groups is 3. The van der Waals surface area contributed by atoms with Gasteiger partial charge in [0.25, 0.3) is 0 Å². The number of nitrogens with one attached hydrogen (secondary N) is 1. The Morgan fingerprint density at radius 1 is 1.03 bits per heavy atom. The fraction of sp³-hybridized carbons (Fsp3) is 0.643. The fourth-order valence-corrected chi connectivity index (χ4v) is 4.67. The molecule has 1 unspecified atom stereocenters. The average molecular weight is 532 g/mol. The minimum Gasteiger partial charge on any atom is -0.444 e. The molecule has 1 atom stereocenters. The van der Waals surface area contributed by atoms with E-state index >= 15 is 0 Å². The molecule has 10 heteroatoms. The molecule has 0 spiro atoms. The Balaban J connectivity index is 1.36. The van der Waals surface area contributed by atoms with Crippen LogP contribution in [0.25, 0.3) is 11.0 Å². The van der Waals surface area contributed by atoms with Crippen molar-refractivity contribution in [2.24, 2.45) is 7.05 Å². The number of amides is 1. The van der Waals surface area contributed by atoms with Crippen molar-refractivity contribution in [1.82, 2.24) is 14.5 Å². The van der Waals surface area contributed by atoms with Crippen LogP contribution in [0.4, 0.5) is 4.79 Å². The fourth-order valence-electron chi connectivity index (χ4n) is 4.67. The number of hydrogen-bond acceptors (Lipinski definition) is 7. The maximum Gasteiger partial charge on any atom is 0.407 e. The van der Waals surface area contributed by atoms with Crippen LogP contribution in [0.5, 0.6) is 0 Å². The van der Waals surface area contributed by atoms with E-state index in [1.807, 2.05) is 39.0 Å². The van der Waals surface area contributed by atoms with Gasteiger partial charge in [0.05, 0.1) is 23.5 Å². The van der Waals surface area contributed by atoms with Gasteiger partial charge in [-0.25, -0.2) is 9.59 Å². The van der Waals surface area contributed by atoms with E-state index < -0.39 is 17.7 Å². The van der Waals surface area contributed by atoms with Crippen molar-refractivity contribution in [2.45, 2.75) is 77.4 Å². The molecular formula is C28H41N3O7. The summed E-state index contributed by atoms with van der Waals surface area (Å²) in [5, 5.41) is 2.70. The zero-order chi connectivity index (χ0) is 27.7. The topological polar surface area (TPSA) is 118 Å². The molecule has 1 aliphatic carbocycles. The number of ketones is 2. The Hall–Kier alpha value is -2.98. The molecule has 10 nitrogen and oxygen atoms in total. The standard InChI is InChI=1S/C28H41N3O7/c1-28(2,3)38-26(34)29-14-7-16-37-18-8-17-36-15-6-10-20-9-5-11-23-25(20)30(4)27(35)31(23)22-13-12-21(32)19-24(22)33/h5,9,11,22H,6-8,10,12-19H2,1-4H3,(H,29,34). The number of carbonyl (C=O) groups excluding carboxylic acids is 3. The Morgan fingerprint density at radius 3 is 2.39 bits per heavy atom. The number of hydrogen-bond donors (Lipinski definition) is 1. The van der Waals surface area contributed by atoms with Gasteiger partial charge in [-0.05, 0) is 64.5 Å². The summed E-state index contributed by atoms with van der Waals surface area (Å²) in [6.07, 6.45) is 3.22. The van der Waals surface area contributed by atoms with Crippen molar-refractivity contribution in [1.29, 1.82) is 0 Å². The number of fused-ring (bicyclic) bond motifs is 1. The molecule has 1 aromatic carbocycles. The normalized spacial score (nSPS) is 16.3. The third-order valence-electron chi connectivity index (χ3n) is 6.38. The molecule has 1 N–H and O–H groups in total. The SMILES string of the molecule is Cn1c(=O)n(C2CCC(=O)CC2=O)c2cccc(CCCOCCCOCCCNC(=O)OC(C)(C)C)c21. The predicted molar refractivity (Wildman–Crippen MR) is 144 cm³/mol. The zero-order valence-corrected chi connectivity index (χ0v) is 23.0. The van der Waals surface area contributed by atoms with Gasteiger partial charge < -0.3 is 19.5 Å². The van der Waals surface area contributed by atoms with Gasteiger partial charge in [0.2, 0.25) is 0 Å². The Labute approximate surface area is 223 Å². The van der Waals surface area contributed by atoms with Gasteiger partial charge in [0.1, 0.15) is 11.4 Å². The molecular weight excluding hydrogens is 490 g/mol. The third kappa shape index (κ3) is 8.26. The molecule has 1 fully saturated rings. The van der Waals surface area contributed by atoms with Crippen molar-refractivity contribution in [2.75, 3.05) is 33.0 Å². The van der Waals surface area contributed by atoms with E-state index in [-0.39, 0.29) is 23.7 Å². The molecule has 0 saturated heterocycles. The van der Waals surface area contributed by atoms with E-state index in [0.717, 1.165) is 35.9 Å². The van der Waals surface area contributed by atoms with Crippen LogP contribution >= 0.6 is 0 Å². The molecule has 1 aromatic heterocycles. The minimum atomic E-state index is -0.578. The lowest BCUT2D eigenvalue weighted by Crippen LogP contribution is -2.34. The summed E-state index contributed by atoms with van der Waals surface area (Å²) in [6, 6.07) is 5.21. The third-order valence-corrected chi connectivity index (χ3v) is 6.38. The smallest absolute Gasteiger partial charge is 0.407 e. The molecule has 210 valence electrons. The predicted octanol–water partition coefficient (Wildman–Crippen LogP) is 3.47. The molecule has 0 aliphatic heterocycles. The van der Waals surface area contributed by atoms with E-state index in [9.17, 15) is 19.2 Å². The largest absolute Gasteiger partial charge is 0.444 e. The van der Waals surface area contributed by atoms with Crippen molar-refractivity contribution < 1.29 is 28.6 Å². The number of aromatic nitrogens is 2. The first kappa shape index (κ1) is 29.6. The van der Waals surface area contributed by atoms with Crippen LogP contribution in [0.2, 0.25) is 0 Å². The molecule has 1 saturated carbocycles. The number of ether oxygens (including phenoxy) is 3. The summed E-state index contributed by atoms with van der Waals surface area (Å²) in [5.74, 6) is -0.240. The number of nitrogens with zero attached hydrogens (tertiary/aromatic N) is 2. The van der Waals surface area contributed by atoms with E-state index in [1.54, 1.807) is 16.2 Å². The van der Waals surface area contributed by atoms with Crippen molar-refractivity contribution in [3.63, 3.8) is 0 Å². The highest BCUT2D eigenvalue weighted by Gasteiger charge is 2.31. The van der Waals surface area contributed by atoms with E-state index in [2.05, 4.69) is 5.32 Å². The summed E-state index contributed by atoms with van der Waals surface area (Å²) < 4.78 is 19.7. The van der Waals surface area contributed by atoms with Crippen molar-refractivity contribution >= 4 is 28.7 Å². The average Bonchev–Trinajstić information content (AvgIpc) is 3.09. The van der Waals surface area contributed by atoms with Crippen molar-refractivity contribution in [3.8, 4) is 0 Å². The second-order valence-electron chi connectivity index (χ2n) is 10.7. The second-order valence-corrected chi connectivity index (χ2v) is 10.7. The summed E-state index contributed by atoms with van der Waals surface area (Å²) in [5.41, 5.74) is 1.88. The number of aryl methyl sites for hydroxylation is 2. The molecule has 1 amide bonds. The van der Waals surface area contributed by atoms with Crippen LogP contribution in [0.15, 0.2) is 23.0 Å². The highest BCUT2D eigenvalue weighted by Crippen LogP contribution is 2.27. The molecule has 0 bridgehead atoms. The van der Waals surface area contributed by atoms with Gasteiger partial charge in [-0.1, -0.05) is 12.1 Å². The van der Waals surface area contributed by atoms with E-state index in [0.29, 0.717) is 52.2 Å². The molecule has 0 radical (unpaired) electrons. The number of Topliss-reactive ketones (excluding diaryl/α,β-unsaturated/α-hetero) is 2. The first-order chi connectivity index (χ1) is 18.1. The number of rotatable bonds is 13. The first-order valence-electron chi connectivity index (χ1n) is 13.4.